The summed E-state index contributed by atoms with van der Waals surface area (Å²) in [4.78, 5) is 11.5. The van der Waals surface area contributed by atoms with E-state index in [0.717, 1.165) is 12.1 Å². The minimum atomic E-state index is -0.941. The first-order chi connectivity index (χ1) is 7.70. The summed E-state index contributed by atoms with van der Waals surface area (Å²) in [5.41, 5.74) is 5.79. The number of carbonyl (C=O) groups excluding carboxylic acids is 1. The van der Waals surface area contributed by atoms with Gasteiger partial charge in [-0.05, 0) is 44.9 Å². The van der Waals surface area contributed by atoms with Crippen molar-refractivity contribution in [2.45, 2.75) is 38.6 Å². The summed E-state index contributed by atoms with van der Waals surface area (Å²) in [6.07, 6.45) is 0.396. The van der Waals surface area contributed by atoms with Crippen molar-refractivity contribution in [3.63, 3.8) is 0 Å². The highest BCUT2D eigenvalue weighted by atomic mass is 19.2. The topological polar surface area (TPSA) is 43.1 Å². The molecule has 2 N–H and O–H groups in total. The molecule has 0 heterocycles. The summed E-state index contributed by atoms with van der Waals surface area (Å²) in [7, 11) is 0. The first-order valence-electron chi connectivity index (χ1n) is 5.45. The maximum atomic E-state index is 13.1. The fourth-order valence-corrected chi connectivity index (χ4v) is 1.75. The van der Waals surface area contributed by atoms with Crippen LogP contribution in [0.1, 0.15) is 38.7 Å². The minimum absolute atomic E-state index is 0.102. The van der Waals surface area contributed by atoms with Crippen molar-refractivity contribution >= 4 is 5.78 Å². The third kappa shape index (κ3) is 3.89. The lowest BCUT2D eigenvalue weighted by Crippen LogP contribution is -2.35. The SMILES string of the molecule is CC(=O)C(CC(C)(C)N)c1ccc(F)c(F)c1. The van der Waals surface area contributed by atoms with E-state index < -0.39 is 23.1 Å². The van der Waals surface area contributed by atoms with E-state index in [1.807, 2.05) is 0 Å². The van der Waals surface area contributed by atoms with Gasteiger partial charge in [0.2, 0.25) is 0 Å². The lowest BCUT2D eigenvalue weighted by molar-refractivity contribution is -0.118. The third-order valence-corrected chi connectivity index (χ3v) is 2.57. The molecule has 17 heavy (non-hydrogen) atoms. The molecule has 0 aliphatic rings. The van der Waals surface area contributed by atoms with E-state index in [9.17, 15) is 13.6 Å². The molecule has 1 rings (SSSR count). The van der Waals surface area contributed by atoms with Gasteiger partial charge in [-0.25, -0.2) is 8.78 Å². The summed E-state index contributed by atoms with van der Waals surface area (Å²) >= 11 is 0. The van der Waals surface area contributed by atoms with Gasteiger partial charge in [-0.15, -0.1) is 0 Å². The number of ketones is 1. The molecule has 4 heteroatoms. The van der Waals surface area contributed by atoms with Crippen LogP contribution in [-0.4, -0.2) is 11.3 Å². The van der Waals surface area contributed by atoms with Gasteiger partial charge in [0.05, 0.1) is 0 Å². The molecule has 0 fully saturated rings. The normalized spacial score (nSPS) is 13.5. The molecule has 0 saturated heterocycles. The van der Waals surface area contributed by atoms with Crippen molar-refractivity contribution in [1.82, 2.24) is 0 Å². The number of rotatable bonds is 4. The Balaban J connectivity index is 3.06. The summed E-state index contributed by atoms with van der Waals surface area (Å²) in [5.74, 6) is -2.45. The molecule has 1 aromatic rings. The summed E-state index contributed by atoms with van der Waals surface area (Å²) < 4.78 is 25.9. The van der Waals surface area contributed by atoms with Crippen molar-refractivity contribution in [2.24, 2.45) is 5.73 Å². The van der Waals surface area contributed by atoms with Crippen LogP contribution in [0, 0.1) is 11.6 Å². The van der Waals surface area contributed by atoms with Crippen LogP contribution in [0.15, 0.2) is 18.2 Å². The van der Waals surface area contributed by atoms with Gasteiger partial charge in [0.15, 0.2) is 11.6 Å². The standard InChI is InChI=1S/C13H17F2NO/c1-8(17)10(7-13(2,3)16)9-4-5-11(14)12(15)6-9/h4-6,10H,7,16H2,1-3H3. The Morgan fingerprint density at radius 3 is 2.35 bits per heavy atom. The summed E-state index contributed by atoms with van der Waals surface area (Å²) in [5, 5.41) is 0. The number of nitrogens with two attached hydrogens (primary N) is 1. The van der Waals surface area contributed by atoms with E-state index in [1.54, 1.807) is 13.8 Å². The first kappa shape index (κ1) is 13.8. The number of Topliss-reactive ketones (excluding diaryl/α,β-unsaturated/α-hetero) is 1. The Bertz CT molecular complexity index is 424. The Labute approximate surface area is 99.8 Å². The van der Waals surface area contributed by atoms with E-state index in [4.69, 9.17) is 5.73 Å². The fourth-order valence-electron chi connectivity index (χ4n) is 1.75. The van der Waals surface area contributed by atoms with Crippen LogP contribution in [0.25, 0.3) is 0 Å². The van der Waals surface area contributed by atoms with Gasteiger partial charge in [-0.2, -0.15) is 0 Å². The van der Waals surface area contributed by atoms with Crippen molar-refractivity contribution in [3.8, 4) is 0 Å². The average molecular weight is 241 g/mol. The van der Waals surface area contributed by atoms with Crippen LogP contribution in [-0.2, 0) is 4.79 Å². The summed E-state index contributed by atoms with van der Waals surface area (Å²) in [6.45, 7) is 5.02. The Kier molecular flexibility index (Phi) is 3.98. The number of hydrogen-bond acceptors (Lipinski definition) is 2. The molecule has 94 valence electrons. The van der Waals surface area contributed by atoms with Gasteiger partial charge in [-0.1, -0.05) is 6.07 Å². The molecular weight excluding hydrogens is 224 g/mol. The van der Waals surface area contributed by atoms with E-state index >= 15 is 0 Å². The third-order valence-electron chi connectivity index (χ3n) is 2.57. The van der Waals surface area contributed by atoms with E-state index in [2.05, 4.69) is 0 Å². The molecule has 0 aliphatic carbocycles. The van der Waals surface area contributed by atoms with Gasteiger partial charge >= 0.3 is 0 Å². The van der Waals surface area contributed by atoms with Gasteiger partial charge in [0, 0.05) is 11.5 Å². The van der Waals surface area contributed by atoms with E-state index in [1.165, 1.54) is 13.0 Å². The largest absolute Gasteiger partial charge is 0.326 e. The smallest absolute Gasteiger partial charge is 0.159 e. The van der Waals surface area contributed by atoms with Crippen LogP contribution in [0.3, 0.4) is 0 Å². The number of benzene rings is 1. The number of carbonyl (C=O) groups is 1. The van der Waals surface area contributed by atoms with E-state index in [0.29, 0.717) is 12.0 Å². The molecule has 0 bridgehead atoms. The maximum Gasteiger partial charge on any atom is 0.159 e. The molecule has 1 unspecified atom stereocenters. The zero-order chi connectivity index (χ0) is 13.2. The van der Waals surface area contributed by atoms with Gasteiger partial charge < -0.3 is 5.73 Å². The Morgan fingerprint density at radius 2 is 1.94 bits per heavy atom. The summed E-state index contributed by atoms with van der Waals surface area (Å²) in [6, 6.07) is 3.52. The molecule has 2 nitrogen and oxygen atoms in total. The Morgan fingerprint density at radius 1 is 1.35 bits per heavy atom. The molecule has 0 spiro atoms. The highest BCUT2D eigenvalue weighted by molar-refractivity contribution is 5.83. The number of hydrogen-bond donors (Lipinski definition) is 1. The van der Waals surface area contributed by atoms with Crippen molar-refractivity contribution in [2.75, 3.05) is 0 Å². The van der Waals surface area contributed by atoms with Crippen LogP contribution >= 0.6 is 0 Å². The monoisotopic (exact) mass is 241 g/mol. The van der Waals surface area contributed by atoms with Crippen molar-refractivity contribution in [1.29, 1.82) is 0 Å². The highest BCUT2D eigenvalue weighted by Crippen LogP contribution is 2.26. The Hall–Kier alpha value is -1.29. The quantitative estimate of drug-likeness (QED) is 0.880. The molecular formula is C13H17F2NO. The van der Waals surface area contributed by atoms with Crippen LogP contribution in [0.2, 0.25) is 0 Å². The molecule has 0 saturated carbocycles. The van der Waals surface area contributed by atoms with Gasteiger partial charge in [-0.3, -0.25) is 4.79 Å². The lowest BCUT2D eigenvalue weighted by atomic mass is 9.84. The average Bonchev–Trinajstić information content (AvgIpc) is 2.17. The fraction of sp³-hybridized carbons (Fsp3) is 0.462. The van der Waals surface area contributed by atoms with Crippen LogP contribution < -0.4 is 5.73 Å². The second kappa shape index (κ2) is 4.92. The van der Waals surface area contributed by atoms with Crippen molar-refractivity contribution < 1.29 is 13.6 Å². The number of halogens is 2. The van der Waals surface area contributed by atoms with Crippen molar-refractivity contribution in [3.05, 3.63) is 35.4 Å². The van der Waals surface area contributed by atoms with Gasteiger partial charge in [0.1, 0.15) is 5.78 Å². The predicted octanol–water partition coefficient (Wildman–Crippen LogP) is 2.76. The molecule has 0 aromatic heterocycles. The zero-order valence-electron chi connectivity index (χ0n) is 10.3. The molecule has 0 amide bonds. The lowest BCUT2D eigenvalue weighted by Gasteiger charge is -2.24. The molecule has 0 radical (unpaired) electrons. The van der Waals surface area contributed by atoms with Gasteiger partial charge in [0.25, 0.3) is 0 Å². The minimum Gasteiger partial charge on any atom is -0.326 e. The van der Waals surface area contributed by atoms with E-state index in [-0.39, 0.29) is 5.78 Å². The molecule has 1 atom stereocenters. The van der Waals surface area contributed by atoms with Crippen LogP contribution in [0.5, 0.6) is 0 Å². The first-order valence-corrected chi connectivity index (χ1v) is 5.45. The predicted molar refractivity (Wildman–Crippen MR) is 62.7 cm³/mol. The highest BCUT2D eigenvalue weighted by Gasteiger charge is 2.24. The second-order valence-electron chi connectivity index (χ2n) is 5.03. The molecule has 1 aromatic carbocycles. The maximum absolute atomic E-state index is 13.1. The zero-order valence-corrected chi connectivity index (χ0v) is 10.3. The molecule has 0 aliphatic heterocycles. The van der Waals surface area contributed by atoms with Crippen LogP contribution in [0.4, 0.5) is 8.78 Å². The second-order valence-corrected chi connectivity index (χ2v) is 5.03.